The minimum absolute atomic E-state index is 0.106. The van der Waals surface area contributed by atoms with Gasteiger partial charge in [-0.25, -0.2) is 9.13 Å². The molecule has 0 aliphatic heterocycles. The monoisotopic (exact) mass is 1520 g/mol. The molecular formula is C85H166O17P2. The smallest absolute Gasteiger partial charge is 0.462 e. The van der Waals surface area contributed by atoms with Crippen LogP contribution < -0.4 is 0 Å². The Morgan fingerprint density at radius 1 is 0.279 bits per heavy atom. The summed E-state index contributed by atoms with van der Waals surface area (Å²) in [7, 11) is -9.93. The molecule has 17 nitrogen and oxygen atoms in total. The van der Waals surface area contributed by atoms with Crippen LogP contribution in [-0.2, 0) is 65.4 Å². The molecule has 0 heterocycles. The van der Waals surface area contributed by atoms with Gasteiger partial charge in [0.1, 0.15) is 19.3 Å². The van der Waals surface area contributed by atoms with Gasteiger partial charge < -0.3 is 33.8 Å². The number of unbranched alkanes of at least 4 members (excludes halogenated alkanes) is 50. The molecule has 6 atom stereocenters. The quantitative estimate of drug-likeness (QED) is 0.0222. The molecule has 0 amide bonds. The van der Waals surface area contributed by atoms with Gasteiger partial charge >= 0.3 is 39.5 Å². The maximum atomic E-state index is 13.1. The molecule has 0 spiro atoms. The highest BCUT2D eigenvalue weighted by molar-refractivity contribution is 7.47. The zero-order chi connectivity index (χ0) is 76.5. The van der Waals surface area contributed by atoms with E-state index < -0.39 is 97.5 Å². The number of hydrogen-bond donors (Lipinski definition) is 3. The van der Waals surface area contributed by atoms with Crippen LogP contribution in [-0.4, -0.2) is 96.7 Å². The van der Waals surface area contributed by atoms with Crippen molar-refractivity contribution < 1.29 is 80.2 Å². The van der Waals surface area contributed by atoms with Gasteiger partial charge in [0.2, 0.25) is 0 Å². The summed E-state index contributed by atoms with van der Waals surface area (Å²) in [5.41, 5.74) is 0. The summed E-state index contributed by atoms with van der Waals surface area (Å²) in [5, 5.41) is 10.7. The van der Waals surface area contributed by atoms with Gasteiger partial charge in [-0.1, -0.05) is 395 Å². The van der Waals surface area contributed by atoms with E-state index in [1.165, 1.54) is 257 Å². The van der Waals surface area contributed by atoms with E-state index in [2.05, 4.69) is 48.5 Å². The second kappa shape index (κ2) is 75.1. The molecule has 0 saturated heterocycles. The average molecular weight is 1520 g/mol. The first-order valence-corrected chi connectivity index (χ1v) is 46.9. The highest BCUT2D eigenvalue weighted by Crippen LogP contribution is 2.45. The molecular weight excluding hydrogens is 1350 g/mol. The minimum atomic E-state index is -4.97. The Kier molecular flexibility index (Phi) is 73.7. The molecule has 0 aliphatic carbocycles. The Morgan fingerprint density at radius 3 is 0.731 bits per heavy atom. The molecule has 0 aromatic rings. The molecule has 19 heteroatoms. The van der Waals surface area contributed by atoms with Crippen LogP contribution in [0.3, 0.4) is 0 Å². The van der Waals surface area contributed by atoms with Crippen LogP contribution in [0.5, 0.6) is 0 Å². The SMILES string of the molecule is CCCCCCCCCCCCCCCCCCCCC(=O)OC[C@H](COP(=O)(O)OC[C@@H](O)COP(=O)(O)OC[C@@H](COC(=O)CCCCCCCCCCC(C)CC)OC(=O)CCCCCCCCCCCCC(C)C)OC(=O)CCCCCCCCCCCCCCCCCCCCC(C)C. The van der Waals surface area contributed by atoms with Gasteiger partial charge in [-0.05, 0) is 43.4 Å². The highest BCUT2D eigenvalue weighted by atomic mass is 31.2. The van der Waals surface area contributed by atoms with E-state index in [0.29, 0.717) is 25.7 Å². The predicted octanol–water partition coefficient (Wildman–Crippen LogP) is 25.7. The molecule has 3 unspecified atom stereocenters. The number of aliphatic hydroxyl groups is 1. The zero-order valence-corrected chi connectivity index (χ0v) is 70.3. The van der Waals surface area contributed by atoms with Gasteiger partial charge in [-0.2, -0.15) is 0 Å². The Hall–Kier alpha value is -1.94. The van der Waals surface area contributed by atoms with Crippen molar-refractivity contribution in [2.24, 2.45) is 17.8 Å². The van der Waals surface area contributed by atoms with Crippen molar-refractivity contribution in [1.29, 1.82) is 0 Å². The zero-order valence-electron chi connectivity index (χ0n) is 68.5. The van der Waals surface area contributed by atoms with E-state index in [1.807, 2.05) is 0 Å². The molecule has 104 heavy (non-hydrogen) atoms. The summed E-state index contributed by atoms with van der Waals surface area (Å²) in [6.07, 6.45) is 65.2. The maximum Gasteiger partial charge on any atom is 0.472 e. The summed E-state index contributed by atoms with van der Waals surface area (Å²) >= 11 is 0. The molecule has 0 rings (SSSR count). The van der Waals surface area contributed by atoms with E-state index >= 15 is 0 Å². The molecule has 0 aromatic carbocycles. The van der Waals surface area contributed by atoms with Crippen molar-refractivity contribution in [2.75, 3.05) is 39.6 Å². The normalized spacial score (nSPS) is 14.2. The fraction of sp³-hybridized carbons (Fsp3) is 0.953. The lowest BCUT2D eigenvalue weighted by molar-refractivity contribution is -0.161. The van der Waals surface area contributed by atoms with Gasteiger partial charge in [-0.15, -0.1) is 0 Å². The lowest BCUT2D eigenvalue weighted by atomic mass is 9.99. The summed E-state index contributed by atoms with van der Waals surface area (Å²) in [6, 6.07) is 0. The van der Waals surface area contributed by atoms with Crippen molar-refractivity contribution >= 4 is 39.5 Å². The van der Waals surface area contributed by atoms with Crippen molar-refractivity contribution in [2.45, 2.75) is 465 Å². The number of carbonyl (C=O) groups excluding carboxylic acids is 4. The summed E-state index contributed by atoms with van der Waals surface area (Å²) in [6.45, 7) is 12.0. The Bertz CT molecular complexity index is 2010. The fourth-order valence-electron chi connectivity index (χ4n) is 13.2. The lowest BCUT2D eigenvalue weighted by Gasteiger charge is -2.21. The molecule has 0 fully saturated rings. The maximum absolute atomic E-state index is 13.1. The van der Waals surface area contributed by atoms with E-state index in [4.69, 9.17) is 37.0 Å². The topological polar surface area (TPSA) is 237 Å². The first kappa shape index (κ1) is 102. The van der Waals surface area contributed by atoms with Crippen LogP contribution in [0.4, 0.5) is 0 Å². The number of phosphoric acid groups is 2. The number of rotatable bonds is 83. The van der Waals surface area contributed by atoms with Gasteiger partial charge in [0.05, 0.1) is 26.4 Å². The summed E-state index contributed by atoms with van der Waals surface area (Å²) < 4.78 is 68.9. The molecule has 618 valence electrons. The van der Waals surface area contributed by atoms with Crippen molar-refractivity contribution in [1.82, 2.24) is 0 Å². The first-order valence-electron chi connectivity index (χ1n) is 43.9. The number of carbonyl (C=O) groups is 4. The number of aliphatic hydroxyl groups excluding tert-OH is 1. The van der Waals surface area contributed by atoms with E-state index in [9.17, 15) is 43.2 Å². The summed E-state index contributed by atoms with van der Waals surface area (Å²) in [4.78, 5) is 73.2. The average Bonchev–Trinajstić information content (AvgIpc) is 0.904. The minimum Gasteiger partial charge on any atom is -0.462 e. The van der Waals surface area contributed by atoms with Crippen LogP contribution in [0, 0.1) is 17.8 Å². The van der Waals surface area contributed by atoms with Crippen LogP contribution >= 0.6 is 15.6 Å². The lowest BCUT2D eigenvalue weighted by Crippen LogP contribution is -2.30. The fourth-order valence-corrected chi connectivity index (χ4v) is 14.7. The highest BCUT2D eigenvalue weighted by Gasteiger charge is 2.30. The molecule has 0 aromatic heterocycles. The van der Waals surface area contributed by atoms with Gasteiger partial charge in [0, 0.05) is 25.7 Å². The van der Waals surface area contributed by atoms with Crippen LogP contribution in [0.25, 0.3) is 0 Å². The molecule has 0 radical (unpaired) electrons. The summed E-state index contributed by atoms with van der Waals surface area (Å²) in [5.74, 6) is 0.243. The van der Waals surface area contributed by atoms with Crippen molar-refractivity contribution in [3.63, 3.8) is 0 Å². The second-order valence-electron chi connectivity index (χ2n) is 31.8. The Labute approximate surface area is 638 Å². The first-order chi connectivity index (χ1) is 50.3. The number of ether oxygens (including phenoxy) is 4. The standard InChI is InChI=1S/C85H166O17P2/c1-8-10-11-12-13-14-15-16-17-18-22-25-28-31-37-45-52-59-66-82(87)95-72-80(101-84(89)68-61-54-47-38-32-29-26-23-20-19-21-24-27-30-35-42-49-56-63-76(3)4)74-99-103(91,92)97-70-79(86)71-98-104(93,94)100-75-81(73-96-83(88)67-60-53-46-41-40-44-51-58-65-78(7)9-2)102-85(90)69-62-55-48-39-34-33-36-43-50-57-64-77(5)6/h76-81,86H,8-75H2,1-7H3,(H,91,92)(H,93,94)/t78?,79-,80-,81-/m1/s1. The van der Waals surface area contributed by atoms with Crippen molar-refractivity contribution in [3.05, 3.63) is 0 Å². The molecule has 0 bridgehead atoms. The Balaban J connectivity index is 5.24. The Morgan fingerprint density at radius 2 is 0.490 bits per heavy atom. The van der Waals surface area contributed by atoms with Gasteiger partial charge in [-0.3, -0.25) is 37.3 Å². The van der Waals surface area contributed by atoms with Crippen LogP contribution in [0.15, 0.2) is 0 Å². The van der Waals surface area contributed by atoms with E-state index in [-0.39, 0.29) is 25.7 Å². The predicted molar refractivity (Wildman–Crippen MR) is 428 cm³/mol. The third-order valence-electron chi connectivity index (χ3n) is 20.2. The third kappa shape index (κ3) is 76.8. The van der Waals surface area contributed by atoms with Crippen molar-refractivity contribution in [3.8, 4) is 0 Å². The largest absolute Gasteiger partial charge is 0.472 e. The van der Waals surface area contributed by atoms with Gasteiger partial charge in [0.25, 0.3) is 0 Å². The van der Waals surface area contributed by atoms with Gasteiger partial charge in [0.15, 0.2) is 12.2 Å². The number of esters is 4. The van der Waals surface area contributed by atoms with E-state index in [0.717, 1.165) is 108 Å². The number of hydrogen-bond acceptors (Lipinski definition) is 15. The van der Waals surface area contributed by atoms with Crippen LogP contribution in [0.2, 0.25) is 0 Å². The molecule has 0 saturated carbocycles. The third-order valence-corrected chi connectivity index (χ3v) is 22.1. The van der Waals surface area contributed by atoms with Crippen LogP contribution in [0.1, 0.15) is 447 Å². The second-order valence-corrected chi connectivity index (χ2v) is 34.7. The number of phosphoric ester groups is 2. The molecule has 3 N–H and O–H groups in total. The van der Waals surface area contributed by atoms with E-state index in [1.54, 1.807) is 0 Å². The molecule has 0 aliphatic rings.